The molecule has 2 atom stereocenters. The van der Waals surface area contributed by atoms with Gasteiger partial charge in [0.1, 0.15) is 0 Å². The second-order valence-electron chi connectivity index (χ2n) is 4.61. The van der Waals surface area contributed by atoms with Gasteiger partial charge in [0.2, 0.25) is 0 Å². The zero-order valence-electron chi connectivity index (χ0n) is 11.0. The molecular weight excluding hydrogens is 244 g/mol. The molecule has 100 valence electrons. The Bertz CT molecular complexity index is 540. The van der Waals surface area contributed by atoms with Crippen molar-refractivity contribution in [2.45, 2.75) is 18.9 Å². The van der Waals surface area contributed by atoms with E-state index in [1.165, 1.54) is 6.07 Å². The van der Waals surface area contributed by atoms with Crippen molar-refractivity contribution in [1.82, 2.24) is 5.32 Å². The largest absolute Gasteiger partial charge is 0.312 e. The summed E-state index contributed by atoms with van der Waals surface area (Å²) in [7, 11) is 1.76. The molecule has 0 bridgehead atoms. The molecule has 0 aromatic heterocycles. The van der Waals surface area contributed by atoms with E-state index in [9.17, 15) is 8.78 Å². The van der Waals surface area contributed by atoms with E-state index in [4.69, 9.17) is 0 Å². The summed E-state index contributed by atoms with van der Waals surface area (Å²) in [5.74, 6) is -1.54. The van der Waals surface area contributed by atoms with Crippen LogP contribution in [0.25, 0.3) is 0 Å². The molecule has 0 aliphatic carbocycles. The summed E-state index contributed by atoms with van der Waals surface area (Å²) in [5, 5.41) is 3.08. The third kappa shape index (κ3) is 2.82. The number of nitrogens with one attached hydrogen (secondary N) is 1. The van der Waals surface area contributed by atoms with Gasteiger partial charge in [0, 0.05) is 17.5 Å². The lowest BCUT2D eigenvalue weighted by atomic mass is 9.88. The van der Waals surface area contributed by atoms with Crippen LogP contribution in [0.5, 0.6) is 0 Å². The Morgan fingerprint density at radius 1 is 0.947 bits per heavy atom. The lowest BCUT2D eigenvalue weighted by Gasteiger charge is -2.25. The van der Waals surface area contributed by atoms with E-state index in [1.54, 1.807) is 13.1 Å². The molecule has 3 heteroatoms. The second kappa shape index (κ2) is 5.93. The van der Waals surface area contributed by atoms with Crippen molar-refractivity contribution in [1.29, 1.82) is 0 Å². The molecule has 2 rings (SSSR count). The van der Waals surface area contributed by atoms with Gasteiger partial charge in [-0.15, -0.1) is 0 Å². The van der Waals surface area contributed by atoms with Gasteiger partial charge in [-0.25, -0.2) is 8.78 Å². The van der Waals surface area contributed by atoms with E-state index in [2.05, 4.69) is 5.32 Å². The Hall–Kier alpha value is -1.74. The minimum absolute atomic E-state index is 0.0440. The monoisotopic (exact) mass is 261 g/mol. The second-order valence-corrected chi connectivity index (χ2v) is 4.61. The SMILES string of the molecule is CNC(c1cccc(F)c1F)C(C)c1ccccc1. The Morgan fingerprint density at radius 2 is 1.63 bits per heavy atom. The van der Waals surface area contributed by atoms with Gasteiger partial charge >= 0.3 is 0 Å². The van der Waals surface area contributed by atoms with Crippen LogP contribution in [0.3, 0.4) is 0 Å². The maximum absolute atomic E-state index is 13.9. The number of rotatable bonds is 4. The van der Waals surface area contributed by atoms with Crippen molar-refractivity contribution in [3.05, 3.63) is 71.3 Å². The average Bonchev–Trinajstić information content (AvgIpc) is 2.45. The third-order valence-corrected chi connectivity index (χ3v) is 3.45. The Kier molecular flexibility index (Phi) is 4.27. The van der Waals surface area contributed by atoms with Crippen molar-refractivity contribution in [3.63, 3.8) is 0 Å². The van der Waals surface area contributed by atoms with Gasteiger partial charge in [-0.1, -0.05) is 49.4 Å². The van der Waals surface area contributed by atoms with Crippen LogP contribution in [0.2, 0.25) is 0 Å². The maximum atomic E-state index is 13.9. The van der Waals surface area contributed by atoms with Crippen molar-refractivity contribution in [2.24, 2.45) is 0 Å². The van der Waals surface area contributed by atoms with E-state index in [1.807, 2.05) is 37.3 Å². The first-order valence-corrected chi connectivity index (χ1v) is 6.31. The lowest BCUT2D eigenvalue weighted by molar-refractivity contribution is 0.447. The van der Waals surface area contributed by atoms with Crippen LogP contribution in [-0.2, 0) is 0 Å². The van der Waals surface area contributed by atoms with Gasteiger partial charge in [0.25, 0.3) is 0 Å². The highest BCUT2D eigenvalue weighted by molar-refractivity contribution is 5.29. The minimum Gasteiger partial charge on any atom is -0.312 e. The summed E-state index contributed by atoms with van der Waals surface area (Å²) in [6.07, 6.45) is 0. The van der Waals surface area contributed by atoms with E-state index < -0.39 is 11.6 Å². The highest BCUT2D eigenvalue weighted by Gasteiger charge is 2.23. The predicted octanol–water partition coefficient (Wildman–Crippen LogP) is 4.03. The number of hydrogen-bond acceptors (Lipinski definition) is 1. The highest BCUT2D eigenvalue weighted by Crippen LogP contribution is 2.32. The summed E-state index contributed by atoms with van der Waals surface area (Å²) in [4.78, 5) is 0. The zero-order chi connectivity index (χ0) is 13.8. The number of likely N-dealkylation sites (N-methyl/N-ethyl adjacent to an activating group) is 1. The van der Waals surface area contributed by atoms with Crippen molar-refractivity contribution in [3.8, 4) is 0 Å². The van der Waals surface area contributed by atoms with Gasteiger partial charge in [-0.2, -0.15) is 0 Å². The molecule has 1 N–H and O–H groups in total. The number of hydrogen-bond donors (Lipinski definition) is 1. The molecule has 0 radical (unpaired) electrons. The van der Waals surface area contributed by atoms with Crippen LogP contribution in [0.15, 0.2) is 48.5 Å². The molecule has 2 aromatic rings. The molecule has 0 amide bonds. The first kappa shape index (κ1) is 13.7. The highest BCUT2D eigenvalue weighted by atomic mass is 19.2. The summed E-state index contributed by atoms with van der Waals surface area (Å²) in [6.45, 7) is 2.00. The van der Waals surface area contributed by atoms with Gasteiger partial charge in [0.05, 0.1) is 0 Å². The molecule has 0 aliphatic rings. The van der Waals surface area contributed by atoms with Crippen LogP contribution >= 0.6 is 0 Å². The molecule has 0 saturated carbocycles. The van der Waals surface area contributed by atoms with E-state index in [0.717, 1.165) is 11.6 Å². The smallest absolute Gasteiger partial charge is 0.163 e. The molecule has 0 fully saturated rings. The van der Waals surface area contributed by atoms with Gasteiger partial charge in [-0.05, 0) is 18.7 Å². The third-order valence-electron chi connectivity index (χ3n) is 3.45. The van der Waals surface area contributed by atoms with Gasteiger partial charge in [-0.3, -0.25) is 0 Å². The minimum atomic E-state index is -0.807. The first-order valence-electron chi connectivity index (χ1n) is 6.31. The van der Waals surface area contributed by atoms with E-state index in [-0.39, 0.29) is 12.0 Å². The van der Waals surface area contributed by atoms with Crippen LogP contribution in [0, 0.1) is 11.6 Å². The van der Waals surface area contributed by atoms with Crippen LogP contribution in [0.1, 0.15) is 30.0 Å². The number of benzene rings is 2. The van der Waals surface area contributed by atoms with Gasteiger partial charge < -0.3 is 5.32 Å². The molecule has 2 unspecified atom stereocenters. The Labute approximate surface area is 112 Å². The molecule has 0 aliphatic heterocycles. The Morgan fingerprint density at radius 3 is 2.26 bits per heavy atom. The normalized spacial score (nSPS) is 14.1. The van der Waals surface area contributed by atoms with E-state index in [0.29, 0.717) is 5.56 Å². The Balaban J connectivity index is 2.37. The molecule has 19 heavy (non-hydrogen) atoms. The predicted molar refractivity (Wildman–Crippen MR) is 73.0 cm³/mol. The quantitative estimate of drug-likeness (QED) is 0.876. The van der Waals surface area contributed by atoms with Crippen LogP contribution in [0.4, 0.5) is 8.78 Å². The molecule has 0 heterocycles. The van der Waals surface area contributed by atoms with Crippen molar-refractivity contribution in [2.75, 3.05) is 7.05 Å². The fourth-order valence-electron chi connectivity index (χ4n) is 2.38. The standard InChI is InChI=1S/C16H17F2N/c1-11(12-7-4-3-5-8-12)16(19-2)13-9-6-10-14(17)15(13)18/h3-11,16,19H,1-2H3. The lowest BCUT2D eigenvalue weighted by Crippen LogP contribution is -2.23. The first-order chi connectivity index (χ1) is 9.15. The maximum Gasteiger partial charge on any atom is 0.163 e. The zero-order valence-corrected chi connectivity index (χ0v) is 11.0. The van der Waals surface area contributed by atoms with Crippen LogP contribution in [-0.4, -0.2) is 7.05 Å². The summed E-state index contributed by atoms with van der Waals surface area (Å²) >= 11 is 0. The molecule has 0 saturated heterocycles. The van der Waals surface area contributed by atoms with Crippen LogP contribution < -0.4 is 5.32 Å². The summed E-state index contributed by atoms with van der Waals surface area (Å²) in [6, 6.07) is 13.8. The van der Waals surface area contributed by atoms with Crippen molar-refractivity contribution >= 4 is 0 Å². The molecule has 2 aromatic carbocycles. The molecule has 1 nitrogen and oxygen atoms in total. The van der Waals surface area contributed by atoms with Gasteiger partial charge in [0.15, 0.2) is 11.6 Å². The fraction of sp³-hybridized carbons (Fsp3) is 0.250. The molecular formula is C16H17F2N. The molecule has 0 spiro atoms. The van der Waals surface area contributed by atoms with E-state index >= 15 is 0 Å². The topological polar surface area (TPSA) is 12.0 Å². The fourth-order valence-corrected chi connectivity index (χ4v) is 2.38. The average molecular weight is 261 g/mol. The van der Waals surface area contributed by atoms with Crippen molar-refractivity contribution < 1.29 is 8.78 Å². The summed E-state index contributed by atoms with van der Waals surface area (Å²) in [5.41, 5.74) is 1.45. The number of halogens is 2. The summed E-state index contributed by atoms with van der Waals surface area (Å²) < 4.78 is 27.2.